The fourth-order valence-corrected chi connectivity index (χ4v) is 1.94. The van der Waals surface area contributed by atoms with Crippen LogP contribution in [0.5, 0.6) is 5.75 Å². The molecule has 0 aromatic heterocycles. The number of hydrogen-bond donors (Lipinski definition) is 1. The third-order valence-corrected chi connectivity index (χ3v) is 2.99. The van der Waals surface area contributed by atoms with Crippen molar-refractivity contribution in [3.05, 3.63) is 59.1 Å². The molecule has 106 valence electrons. The van der Waals surface area contributed by atoms with Crippen molar-refractivity contribution in [2.75, 3.05) is 5.32 Å². The lowest BCUT2D eigenvalue weighted by Gasteiger charge is -2.10. The maximum atomic E-state index is 11.3. The Labute approximate surface area is 127 Å². The van der Waals surface area contributed by atoms with E-state index in [0.29, 0.717) is 23.1 Å². The van der Waals surface area contributed by atoms with E-state index in [4.69, 9.17) is 21.6 Å². The van der Waals surface area contributed by atoms with Gasteiger partial charge in [0.05, 0.1) is 11.1 Å². The zero-order chi connectivity index (χ0) is 15.1. The number of nitrogens with one attached hydrogen (secondary N) is 1. The summed E-state index contributed by atoms with van der Waals surface area (Å²) >= 11 is 6.11. The summed E-state index contributed by atoms with van der Waals surface area (Å²) in [5, 5.41) is 11.4. The number of nitrogens with zero attached hydrogens (tertiary/aromatic N) is 1. The Hall–Kier alpha value is -2.51. The van der Waals surface area contributed by atoms with Crippen molar-refractivity contribution in [2.24, 2.45) is 0 Å². The van der Waals surface area contributed by atoms with Crippen molar-refractivity contribution in [3.8, 4) is 11.8 Å². The SMILES string of the molecule is N#CCC(=O)Nc1ccc(OCc2ccccc2)c(Cl)c1. The highest BCUT2D eigenvalue weighted by atomic mass is 35.5. The number of amides is 1. The number of carbonyl (C=O) groups is 1. The first-order chi connectivity index (χ1) is 10.2. The van der Waals surface area contributed by atoms with E-state index in [1.165, 1.54) is 0 Å². The van der Waals surface area contributed by atoms with Crippen LogP contribution in [0.2, 0.25) is 5.02 Å². The highest BCUT2D eigenvalue weighted by Crippen LogP contribution is 2.28. The summed E-state index contributed by atoms with van der Waals surface area (Å²) < 4.78 is 5.63. The zero-order valence-electron chi connectivity index (χ0n) is 11.2. The largest absolute Gasteiger partial charge is 0.487 e. The minimum atomic E-state index is -0.369. The molecule has 0 spiro atoms. The second-order valence-corrected chi connectivity index (χ2v) is 4.71. The molecule has 0 fully saturated rings. The number of carbonyl (C=O) groups excluding carboxylic acids is 1. The Balaban J connectivity index is 1.99. The van der Waals surface area contributed by atoms with Gasteiger partial charge in [0.15, 0.2) is 0 Å². The molecule has 21 heavy (non-hydrogen) atoms. The Kier molecular flexibility index (Phi) is 5.19. The Morgan fingerprint density at radius 2 is 2.00 bits per heavy atom. The number of nitriles is 1. The molecular weight excluding hydrogens is 288 g/mol. The van der Waals surface area contributed by atoms with Crippen molar-refractivity contribution < 1.29 is 9.53 Å². The third kappa shape index (κ3) is 4.51. The maximum Gasteiger partial charge on any atom is 0.238 e. The predicted octanol–water partition coefficient (Wildman–Crippen LogP) is 3.77. The van der Waals surface area contributed by atoms with Gasteiger partial charge in [-0.05, 0) is 23.8 Å². The van der Waals surface area contributed by atoms with Crippen molar-refractivity contribution in [1.29, 1.82) is 5.26 Å². The molecule has 1 amide bonds. The van der Waals surface area contributed by atoms with Crippen LogP contribution in [0.15, 0.2) is 48.5 Å². The number of hydrogen-bond acceptors (Lipinski definition) is 3. The minimum absolute atomic E-state index is 0.191. The Bertz CT molecular complexity index is 666. The van der Waals surface area contributed by atoms with Crippen LogP contribution in [-0.4, -0.2) is 5.91 Å². The van der Waals surface area contributed by atoms with Crippen LogP contribution in [0.4, 0.5) is 5.69 Å². The van der Waals surface area contributed by atoms with Crippen molar-refractivity contribution in [3.63, 3.8) is 0 Å². The van der Waals surface area contributed by atoms with E-state index in [1.54, 1.807) is 24.3 Å². The number of benzene rings is 2. The molecule has 0 saturated carbocycles. The Morgan fingerprint density at radius 3 is 2.67 bits per heavy atom. The highest BCUT2D eigenvalue weighted by molar-refractivity contribution is 6.32. The molecule has 0 atom stereocenters. The fourth-order valence-electron chi connectivity index (χ4n) is 1.71. The van der Waals surface area contributed by atoms with Crippen LogP contribution >= 0.6 is 11.6 Å². The summed E-state index contributed by atoms with van der Waals surface area (Å²) in [5.41, 5.74) is 1.58. The molecule has 0 saturated heterocycles. The monoisotopic (exact) mass is 300 g/mol. The molecule has 0 aliphatic heterocycles. The van der Waals surface area contributed by atoms with Gasteiger partial charge in [0.25, 0.3) is 0 Å². The van der Waals surface area contributed by atoms with Gasteiger partial charge >= 0.3 is 0 Å². The lowest BCUT2D eigenvalue weighted by molar-refractivity contribution is -0.115. The lowest BCUT2D eigenvalue weighted by atomic mass is 10.2. The third-order valence-electron chi connectivity index (χ3n) is 2.69. The predicted molar refractivity (Wildman–Crippen MR) is 81.1 cm³/mol. The summed E-state index contributed by atoms with van der Waals surface area (Å²) in [6.45, 7) is 0.417. The molecule has 2 aromatic carbocycles. The van der Waals surface area contributed by atoms with E-state index in [-0.39, 0.29) is 12.3 Å². The van der Waals surface area contributed by atoms with Crippen molar-refractivity contribution >= 4 is 23.2 Å². The van der Waals surface area contributed by atoms with E-state index < -0.39 is 0 Å². The lowest BCUT2D eigenvalue weighted by Crippen LogP contribution is -2.10. The average Bonchev–Trinajstić information content (AvgIpc) is 2.48. The smallest absolute Gasteiger partial charge is 0.238 e. The zero-order valence-corrected chi connectivity index (χ0v) is 11.9. The first-order valence-electron chi connectivity index (χ1n) is 6.32. The molecular formula is C16H13ClN2O2. The van der Waals surface area contributed by atoms with Crippen LogP contribution in [0, 0.1) is 11.3 Å². The van der Waals surface area contributed by atoms with Gasteiger partial charge in [-0.25, -0.2) is 0 Å². The first kappa shape index (κ1) is 14.9. The quantitative estimate of drug-likeness (QED) is 0.914. The number of ether oxygens (including phenoxy) is 1. The van der Waals surface area contributed by atoms with E-state index >= 15 is 0 Å². The Morgan fingerprint density at radius 1 is 1.24 bits per heavy atom. The van der Waals surface area contributed by atoms with Crippen LogP contribution in [-0.2, 0) is 11.4 Å². The standard InChI is InChI=1S/C16H13ClN2O2/c17-14-10-13(19-16(20)8-9-18)6-7-15(14)21-11-12-4-2-1-3-5-12/h1-7,10H,8,11H2,(H,19,20). The second-order valence-electron chi connectivity index (χ2n) is 4.30. The van der Waals surface area contributed by atoms with Gasteiger partial charge in [-0.2, -0.15) is 5.26 Å². The fraction of sp³-hybridized carbons (Fsp3) is 0.125. The van der Waals surface area contributed by atoms with E-state index in [9.17, 15) is 4.79 Å². The molecule has 0 radical (unpaired) electrons. The molecule has 4 nitrogen and oxygen atoms in total. The van der Waals surface area contributed by atoms with Crippen molar-refractivity contribution in [1.82, 2.24) is 0 Å². The molecule has 0 aliphatic rings. The molecule has 2 rings (SSSR count). The number of anilines is 1. The van der Waals surface area contributed by atoms with Gasteiger partial charge in [0.2, 0.25) is 5.91 Å². The number of rotatable bonds is 5. The van der Waals surface area contributed by atoms with E-state index in [2.05, 4.69) is 5.32 Å². The topological polar surface area (TPSA) is 62.1 Å². The summed E-state index contributed by atoms with van der Waals surface area (Å²) in [5.74, 6) is 0.172. The molecule has 5 heteroatoms. The molecule has 0 unspecified atom stereocenters. The van der Waals surface area contributed by atoms with Crippen molar-refractivity contribution in [2.45, 2.75) is 13.0 Å². The van der Waals surface area contributed by atoms with Gasteiger partial charge in [-0.3, -0.25) is 4.79 Å². The summed E-state index contributed by atoms with van der Waals surface area (Å²) in [4.78, 5) is 11.3. The summed E-state index contributed by atoms with van der Waals surface area (Å²) in [7, 11) is 0. The molecule has 1 N–H and O–H groups in total. The van der Waals surface area contributed by atoms with E-state index in [1.807, 2.05) is 30.3 Å². The van der Waals surface area contributed by atoms with Gasteiger partial charge < -0.3 is 10.1 Å². The normalized spacial score (nSPS) is 9.71. The van der Waals surface area contributed by atoms with E-state index in [0.717, 1.165) is 5.56 Å². The van der Waals surface area contributed by atoms with Crippen LogP contribution < -0.4 is 10.1 Å². The highest BCUT2D eigenvalue weighted by Gasteiger charge is 2.06. The minimum Gasteiger partial charge on any atom is -0.487 e. The molecule has 0 bridgehead atoms. The average molecular weight is 301 g/mol. The molecule has 0 heterocycles. The van der Waals surface area contributed by atoms with Gasteiger partial charge in [-0.1, -0.05) is 41.9 Å². The maximum absolute atomic E-state index is 11.3. The van der Waals surface area contributed by atoms with Crippen LogP contribution in [0.1, 0.15) is 12.0 Å². The second kappa shape index (κ2) is 7.32. The van der Waals surface area contributed by atoms with Crippen LogP contribution in [0.3, 0.4) is 0 Å². The van der Waals surface area contributed by atoms with Gasteiger partial charge in [0.1, 0.15) is 18.8 Å². The van der Waals surface area contributed by atoms with Gasteiger partial charge in [-0.15, -0.1) is 0 Å². The molecule has 2 aromatic rings. The van der Waals surface area contributed by atoms with Gasteiger partial charge in [0, 0.05) is 5.69 Å². The van der Waals surface area contributed by atoms with Crippen LogP contribution in [0.25, 0.3) is 0 Å². The number of halogens is 1. The molecule has 0 aliphatic carbocycles. The summed E-state index contributed by atoms with van der Waals surface area (Å²) in [6, 6.07) is 16.5. The summed E-state index contributed by atoms with van der Waals surface area (Å²) in [6.07, 6.45) is -0.191. The first-order valence-corrected chi connectivity index (χ1v) is 6.70.